The molecule has 2 N–H and O–H groups in total. The number of hydrogen-bond donors (Lipinski definition) is 2. The van der Waals surface area contributed by atoms with Gasteiger partial charge < -0.3 is 10.6 Å². The molecular weight excluding hydrogens is 304 g/mol. The summed E-state index contributed by atoms with van der Waals surface area (Å²) in [6.45, 7) is 7.23. The quantitative estimate of drug-likeness (QED) is 0.869. The van der Waals surface area contributed by atoms with Crippen LogP contribution in [0, 0.1) is 5.92 Å². The first-order chi connectivity index (χ1) is 11.3. The number of fused-ring (bicyclic) bond motifs is 1. The monoisotopic (exact) mass is 332 g/mol. The Kier molecular flexibility index (Phi) is 5.83. The summed E-state index contributed by atoms with van der Waals surface area (Å²) in [5.41, 5.74) is 2.74. The van der Waals surface area contributed by atoms with E-state index in [4.69, 9.17) is 0 Å². The highest BCUT2D eigenvalue weighted by atomic mass is 16.2. The molecule has 0 fully saturated rings. The molecule has 0 radical (unpaired) electrons. The molecule has 0 spiro atoms. The summed E-state index contributed by atoms with van der Waals surface area (Å²) in [6, 6.07) is 5.50. The Bertz CT molecular complexity index is 605. The minimum absolute atomic E-state index is 0.0301. The summed E-state index contributed by atoms with van der Waals surface area (Å²) < 4.78 is 0. The van der Waals surface area contributed by atoms with Crippen LogP contribution in [0.15, 0.2) is 18.2 Å². The number of benzene rings is 1. The molecule has 0 aromatic heterocycles. The van der Waals surface area contributed by atoms with Crippen molar-refractivity contribution < 1.29 is 9.59 Å². The van der Waals surface area contributed by atoms with Gasteiger partial charge in [0, 0.05) is 18.8 Å². The van der Waals surface area contributed by atoms with E-state index in [1.807, 2.05) is 58.0 Å². The Morgan fingerprint density at radius 3 is 2.58 bits per heavy atom. The molecule has 0 unspecified atom stereocenters. The average molecular weight is 332 g/mol. The average Bonchev–Trinajstić information content (AvgIpc) is 2.89. The molecule has 0 bridgehead atoms. The van der Waals surface area contributed by atoms with E-state index < -0.39 is 0 Å². The van der Waals surface area contributed by atoms with Crippen LogP contribution in [0.5, 0.6) is 0 Å². The van der Waals surface area contributed by atoms with Crippen molar-refractivity contribution in [3.05, 3.63) is 23.8 Å². The number of nitrogens with zero attached hydrogens (tertiary/aromatic N) is 2. The molecule has 132 valence electrons. The normalized spacial score (nSPS) is 14.7. The topological polar surface area (TPSA) is 64.7 Å². The lowest BCUT2D eigenvalue weighted by Crippen LogP contribution is -2.43. The standard InChI is InChI=1S/C18H28N4O2/c1-6-19-18(24)22-10-9-13-7-8-14(11-15(13)22)20-17(23)16(12(2)3)21(4)5/h7-8,11-12,16H,6,9-10H2,1-5H3,(H,19,24)(H,20,23)/t16-/m1/s1. The van der Waals surface area contributed by atoms with E-state index in [1.54, 1.807) is 4.90 Å². The zero-order valence-corrected chi connectivity index (χ0v) is 15.2. The first-order valence-corrected chi connectivity index (χ1v) is 8.50. The molecule has 1 aliphatic heterocycles. The molecule has 0 aliphatic carbocycles. The van der Waals surface area contributed by atoms with Gasteiger partial charge >= 0.3 is 6.03 Å². The largest absolute Gasteiger partial charge is 0.338 e. The van der Waals surface area contributed by atoms with Gasteiger partial charge in [-0.25, -0.2) is 4.79 Å². The van der Waals surface area contributed by atoms with Gasteiger partial charge in [-0.1, -0.05) is 19.9 Å². The molecule has 2 rings (SSSR count). The zero-order chi connectivity index (χ0) is 17.9. The van der Waals surface area contributed by atoms with Crippen LogP contribution >= 0.6 is 0 Å². The summed E-state index contributed by atoms with van der Waals surface area (Å²) in [6.07, 6.45) is 0.840. The predicted octanol–water partition coefficient (Wildman–Crippen LogP) is 2.30. The number of carbonyl (C=O) groups excluding carboxylic acids is 2. The summed E-state index contributed by atoms with van der Waals surface area (Å²) >= 11 is 0. The Balaban J connectivity index is 2.18. The van der Waals surface area contributed by atoms with Crippen LogP contribution in [0.3, 0.4) is 0 Å². The molecular formula is C18H28N4O2. The number of rotatable bonds is 5. The van der Waals surface area contributed by atoms with Crippen LogP contribution in [-0.4, -0.2) is 50.1 Å². The summed E-state index contributed by atoms with van der Waals surface area (Å²) in [5.74, 6) is 0.179. The first-order valence-electron chi connectivity index (χ1n) is 8.50. The maximum atomic E-state index is 12.6. The van der Waals surface area contributed by atoms with Crippen molar-refractivity contribution in [2.45, 2.75) is 33.2 Å². The molecule has 1 aromatic carbocycles. The molecule has 1 heterocycles. The Morgan fingerprint density at radius 1 is 1.29 bits per heavy atom. The van der Waals surface area contributed by atoms with Gasteiger partial charge in [-0.15, -0.1) is 0 Å². The fourth-order valence-corrected chi connectivity index (χ4v) is 3.26. The van der Waals surface area contributed by atoms with Crippen molar-refractivity contribution in [2.75, 3.05) is 37.4 Å². The first kappa shape index (κ1) is 18.3. The second-order valence-electron chi connectivity index (χ2n) is 6.72. The minimum Gasteiger partial charge on any atom is -0.338 e. The highest BCUT2D eigenvalue weighted by Crippen LogP contribution is 2.31. The second-order valence-corrected chi connectivity index (χ2v) is 6.72. The molecule has 1 aliphatic rings. The molecule has 3 amide bonds. The van der Waals surface area contributed by atoms with Crippen molar-refractivity contribution >= 4 is 23.3 Å². The number of carbonyl (C=O) groups is 2. The summed E-state index contributed by atoms with van der Waals surface area (Å²) in [4.78, 5) is 28.4. The number of anilines is 2. The van der Waals surface area contributed by atoms with Gasteiger partial charge in [0.2, 0.25) is 5.91 Å². The van der Waals surface area contributed by atoms with Crippen LogP contribution in [0.4, 0.5) is 16.2 Å². The maximum Gasteiger partial charge on any atom is 0.321 e. The molecule has 1 atom stereocenters. The minimum atomic E-state index is -0.197. The van der Waals surface area contributed by atoms with E-state index >= 15 is 0 Å². The Labute approximate surface area is 144 Å². The molecule has 0 saturated carbocycles. The van der Waals surface area contributed by atoms with E-state index in [0.717, 1.165) is 23.4 Å². The lowest BCUT2D eigenvalue weighted by atomic mass is 10.0. The van der Waals surface area contributed by atoms with Gasteiger partial charge in [0.05, 0.1) is 11.7 Å². The third kappa shape index (κ3) is 3.87. The van der Waals surface area contributed by atoms with Crippen LogP contribution in [0.25, 0.3) is 0 Å². The van der Waals surface area contributed by atoms with Crippen molar-refractivity contribution in [2.24, 2.45) is 5.92 Å². The van der Waals surface area contributed by atoms with Crippen molar-refractivity contribution in [3.63, 3.8) is 0 Å². The van der Waals surface area contributed by atoms with Crippen molar-refractivity contribution in [3.8, 4) is 0 Å². The lowest BCUT2D eigenvalue weighted by Gasteiger charge is -2.27. The van der Waals surface area contributed by atoms with Gasteiger partial charge in [0.25, 0.3) is 0 Å². The van der Waals surface area contributed by atoms with Gasteiger partial charge in [-0.2, -0.15) is 0 Å². The zero-order valence-electron chi connectivity index (χ0n) is 15.2. The third-order valence-electron chi connectivity index (χ3n) is 4.28. The molecule has 1 aromatic rings. The Hall–Kier alpha value is -2.08. The highest BCUT2D eigenvalue weighted by molar-refractivity contribution is 5.98. The number of urea groups is 1. The van der Waals surface area contributed by atoms with E-state index in [-0.39, 0.29) is 23.9 Å². The van der Waals surface area contributed by atoms with Crippen LogP contribution in [0.2, 0.25) is 0 Å². The molecule has 0 saturated heterocycles. The van der Waals surface area contributed by atoms with E-state index in [0.29, 0.717) is 13.1 Å². The van der Waals surface area contributed by atoms with Crippen molar-refractivity contribution in [1.82, 2.24) is 10.2 Å². The fourth-order valence-electron chi connectivity index (χ4n) is 3.26. The second kappa shape index (κ2) is 7.66. The van der Waals surface area contributed by atoms with Gasteiger partial charge in [-0.05, 0) is 51.1 Å². The Morgan fingerprint density at radius 2 is 2.00 bits per heavy atom. The smallest absolute Gasteiger partial charge is 0.321 e. The molecule has 6 heteroatoms. The third-order valence-corrected chi connectivity index (χ3v) is 4.28. The molecule has 24 heavy (non-hydrogen) atoms. The number of amides is 3. The van der Waals surface area contributed by atoms with E-state index in [9.17, 15) is 9.59 Å². The van der Waals surface area contributed by atoms with Crippen LogP contribution in [-0.2, 0) is 11.2 Å². The number of hydrogen-bond acceptors (Lipinski definition) is 3. The van der Waals surface area contributed by atoms with Crippen molar-refractivity contribution in [1.29, 1.82) is 0 Å². The van der Waals surface area contributed by atoms with Crippen LogP contribution in [0.1, 0.15) is 26.3 Å². The number of nitrogens with one attached hydrogen (secondary N) is 2. The van der Waals surface area contributed by atoms with E-state index in [1.165, 1.54) is 0 Å². The van der Waals surface area contributed by atoms with Gasteiger partial charge in [-0.3, -0.25) is 14.6 Å². The fraction of sp³-hybridized carbons (Fsp3) is 0.556. The predicted molar refractivity (Wildman–Crippen MR) is 97.5 cm³/mol. The van der Waals surface area contributed by atoms with E-state index in [2.05, 4.69) is 10.6 Å². The van der Waals surface area contributed by atoms with Gasteiger partial charge in [0.1, 0.15) is 0 Å². The maximum absolute atomic E-state index is 12.6. The molecule has 6 nitrogen and oxygen atoms in total. The summed E-state index contributed by atoms with van der Waals surface area (Å²) in [7, 11) is 3.81. The SMILES string of the molecule is CCNC(=O)N1CCc2ccc(NC(=O)[C@@H](C(C)C)N(C)C)cc21. The summed E-state index contributed by atoms with van der Waals surface area (Å²) in [5, 5.41) is 5.82. The van der Waals surface area contributed by atoms with Gasteiger partial charge in [0.15, 0.2) is 0 Å². The van der Waals surface area contributed by atoms with Crippen LogP contribution < -0.4 is 15.5 Å². The lowest BCUT2D eigenvalue weighted by molar-refractivity contribution is -0.121. The highest BCUT2D eigenvalue weighted by Gasteiger charge is 2.27. The number of likely N-dealkylation sites (N-methyl/N-ethyl adjacent to an activating group) is 1.